The van der Waals surface area contributed by atoms with Crippen molar-refractivity contribution in [2.45, 2.75) is 12.6 Å². The Morgan fingerprint density at radius 1 is 1.40 bits per heavy atom. The summed E-state index contributed by atoms with van der Waals surface area (Å²) in [5, 5.41) is 5.97. The zero-order chi connectivity index (χ0) is 16.9. The first-order valence-electron chi connectivity index (χ1n) is 7.82. The van der Waals surface area contributed by atoms with Crippen LogP contribution in [0.5, 0.6) is 5.75 Å². The van der Waals surface area contributed by atoms with Crippen LogP contribution in [0.4, 0.5) is 0 Å². The van der Waals surface area contributed by atoms with Crippen molar-refractivity contribution >= 4 is 29.7 Å². The lowest BCUT2D eigenvalue weighted by molar-refractivity contribution is 0.0625. The maximum atomic E-state index is 13.0. The summed E-state index contributed by atoms with van der Waals surface area (Å²) in [6.07, 6.45) is 0. The fourth-order valence-corrected chi connectivity index (χ4v) is 3.65. The first-order chi connectivity index (χ1) is 11.7. The van der Waals surface area contributed by atoms with Crippen molar-refractivity contribution < 1.29 is 14.3 Å². The summed E-state index contributed by atoms with van der Waals surface area (Å²) in [6.45, 7) is 2.53. The second kappa shape index (κ2) is 9.15. The van der Waals surface area contributed by atoms with Crippen molar-refractivity contribution in [1.82, 2.24) is 15.2 Å². The molecule has 1 aromatic carbocycles. The fraction of sp³-hybridized carbons (Fsp3) is 0.412. The van der Waals surface area contributed by atoms with E-state index < -0.39 is 0 Å². The van der Waals surface area contributed by atoms with Gasteiger partial charge in [0.1, 0.15) is 16.5 Å². The maximum Gasteiger partial charge on any atom is 0.273 e. The summed E-state index contributed by atoms with van der Waals surface area (Å²) in [6, 6.07) is 7.76. The number of nitrogens with zero attached hydrogens (tertiary/aromatic N) is 2. The van der Waals surface area contributed by atoms with E-state index in [1.165, 1.54) is 11.3 Å². The monoisotopic (exact) mass is 383 g/mol. The minimum atomic E-state index is -0.0741. The Morgan fingerprint density at radius 3 is 2.96 bits per heavy atom. The van der Waals surface area contributed by atoms with Crippen LogP contribution < -0.4 is 10.1 Å². The third kappa shape index (κ3) is 4.30. The SMILES string of the molecule is COCc1nc(C(=O)N2CCNCC2c2ccccc2OC)cs1.Cl. The van der Waals surface area contributed by atoms with Gasteiger partial charge in [-0.05, 0) is 6.07 Å². The molecular formula is C17H22ClN3O3S. The molecule has 3 rings (SSSR count). The highest BCUT2D eigenvalue weighted by Gasteiger charge is 2.31. The topological polar surface area (TPSA) is 63.7 Å². The number of carbonyl (C=O) groups excluding carboxylic acids is 1. The average molecular weight is 384 g/mol. The molecule has 0 radical (unpaired) electrons. The molecule has 1 atom stereocenters. The Balaban J connectivity index is 0.00000225. The van der Waals surface area contributed by atoms with Gasteiger partial charge < -0.3 is 19.7 Å². The number of thiazole rings is 1. The predicted octanol–water partition coefficient (Wildman–Crippen LogP) is 2.51. The van der Waals surface area contributed by atoms with Gasteiger partial charge in [0.25, 0.3) is 5.91 Å². The third-order valence-electron chi connectivity index (χ3n) is 4.04. The Bertz CT molecular complexity index is 710. The van der Waals surface area contributed by atoms with E-state index in [9.17, 15) is 4.79 Å². The Hall–Kier alpha value is -1.67. The van der Waals surface area contributed by atoms with E-state index in [2.05, 4.69) is 10.3 Å². The smallest absolute Gasteiger partial charge is 0.273 e. The van der Waals surface area contributed by atoms with Crippen molar-refractivity contribution in [2.75, 3.05) is 33.9 Å². The molecule has 0 bridgehead atoms. The Labute approximate surface area is 157 Å². The minimum absolute atomic E-state index is 0. The molecule has 1 aromatic heterocycles. The molecular weight excluding hydrogens is 362 g/mol. The molecule has 0 aliphatic carbocycles. The summed E-state index contributed by atoms with van der Waals surface area (Å²) in [4.78, 5) is 19.2. The quantitative estimate of drug-likeness (QED) is 0.859. The highest BCUT2D eigenvalue weighted by molar-refractivity contribution is 7.09. The van der Waals surface area contributed by atoms with Crippen molar-refractivity contribution in [3.8, 4) is 5.75 Å². The first-order valence-corrected chi connectivity index (χ1v) is 8.70. The third-order valence-corrected chi connectivity index (χ3v) is 4.86. The van der Waals surface area contributed by atoms with Gasteiger partial charge in [-0.25, -0.2) is 4.98 Å². The van der Waals surface area contributed by atoms with Crippen LogP contribution in [-0.2, 0) is 11.3 Å². The number of carbonyl (C=O) groups is 1. The number of hydrogen-bond donors (Lipinski definition) is 1. The number of amides is 1. The van der Waals surface area contributed by atoms with Gasteiger partial charge in [-0.3, -0.25) is 4.79 Å². The molecule has 136 valence electrons. The Morgan fingerprint density at radius 2 is 2.20 bits per heavy atom. The van der Waals surface area contributed by atoms with Crippen LogP contribution in [0.2, 0.25) is 0 Å². The lowest BCUT2D eigenvalue weighted by Gasteiger charge is -2.36. The molecule has 1 fully saturated rings. The van der Waals surface area contributed by atoms with E-state index >= 15 is 0 Å². The average Bonchev–Trinajstić information content (AvgIpc) is 3.10. The van der Waals surface area contributed by atoms with Crippen LogP contribution in [0.3, 0.4) is 0 Å². The molecule has 0 saturated carbocycles. The molecule has 2 aromatic rings. The van der Waals surface area contributed by atoms with Crippen LogP contribution in [0.15, 0.2) is 29.6 Å². The van der Waals surface area contributed by atoms with Crippen LogP contribution in [0.1, 0.15) is 27.1 Å². The number of rotatable bonds is 5. The maximum absolute atomic E-state index is 13.0. The largest absolute Gasteiger partial charge is 0.496 e. The minimum Gasteiger partial charge on any atom is -0.496 e. The highest BCUT2D eigenvalue weighted by atomic mass is 35.5. The number of piperazine rings is 1. The molecule has 0 spiro atoms. The molecule has 1 aliphatic rings. The highest BCUT2D eigenvalue weighted by Crippen LogP contribution is 2.31. The number of aromatic nitrogens is 1. The molecule has 1 aliphatic heterocycles. The summed E-state index contributed by atoms with van der Waals surface area (Å²) in [5.41, 5.74) is 1.49. The second-order valence-electron chi connectivity index (χ2n) is 5.52. The zero-order valence-corrected chi connectivity index (χ0v) is 15.9. The number of methoxy groups -OCH3 is 2. The number of ether oxygens (including phenoxy) is 2. The zero-order valence-electron chi connectivity index (χ0n) is 14.2. The molecule has 8 heteroatoms. The van der Waals surface area contributed by atoms with Gasteiger partial charge in [0.15, 0.2) is 0 Å². The van der Waals surface area contributed by atoms with Gasteiger partial charge in [0, 0.05) is 37.7 Å². The lowest BCUT2D eigenvalue weighted by Crippen LogP contribution is -2.48. The van der Waals surface area contributed by atoms with Crippen LogP contribution in [0.25, 0.3) is 0 Å². The van der Waals surface area contributed by atoms with Crippen molar-refractivity contribution in [3.63, 3.8) is 0 Å². The van der Waals surface area contributed by atoms with Crippen molar-refractivity contribution in [2.24, 2.45) is 0 Å². The van der Waals surface area contributed by atoms with Crippen LogP contribution in [-0.4, -0.2) is 49.6 Å². The van der Waals surface area contributed by atoms with E-state index in [-0.39, 0.29) is 24.4 Å². The van der Waals surface area contributed by atoms with Gasteiger partial charge in [0.2, 0.25) is 0 Å². The van der Waals surface area contributed by atoms with E-state index in [1.807, 2.05) is 29.2 Å². The van der Waals surface area contributed by atoms with E-state index in [0.29, 0.717) is 25.4 Å². The second-order valence-corrected chi connectivity index (χ2v) is 6.46. The normalized spacial score (nSPS) is 17.0. The van der Waals surface area contributed by atoms with Crippen LogP contribution in [0, 0.1) is 0 Å². The molecule has 6 nitrogen and oxygen atoms in total. The fourth-order valence-electron chi connectivity index (χ4n) is 2.91. The molecule has 2 heterocycles. The Kier molecular flexibility index (Phi) is 7.19. The lowest BCUT2D eigenvalue weighted by atomic mass is 10.0. The summed E-state index contributed by atoms with van der Waals surface area (Å²) in [7, 11) is 3.27. The predicted molar refractivity (Wildman–Crippen MR) is 99.7 cm³/mol. The molecule has 25 heavy (non-hydrogen) atoms. The van der Waals surface area contributed by atoms with E-state index in [0.717, 1.165) is 22.9 Å². The number of para-hydroxylation sites is 1. The van der Waals surface area contributed by atoms with Crippen molar-refractivity contribution in [1.29, 1.82) is 0 Å². The summed E-state index contributed by atoms with van der Waals surface area (Å²) in [5.74, 6) is 0.744. The summed E-state index contributed by atoms with van der Waals surface area (Å²) >= 11 is 1.45. The van der Waals surface area contributed by atoms with Gasteiger partial charge in [0.05, 0.1) is 19.8 Å². The van der Waals surface area contributed by atoms with E-state index in [4.69, 9.17) is 9.47 Å². The van der Waals surface area contributed by atoms with Crippen LogP contribution >= 0.6 is 23.7 Å². The number of halogens is 1. The summed E-state index contributed by atoms with van der Waals surface area (Å²) < 4.78 is 10.6. The molecule has 1 unspecified atom stereocenters. The molecule has 1 saturated heterocycles. The molecule has 1 amide bonds. The van der Waals surface area contributed by atoms with E-state index in [1.54, 1.807) is 19.6 Å². The number of nitrogens with one attached hydrogen (secondary N) is 1. The van der Waals surface area contributed by atoms with Crippen molar-refractivity contribution in [3.05, 3.63) is 45.9 Å². The number of benzene rings is 1. The first kappa shape index (κ1) is 19.7. The standard InChI is InChI=1S/C17H21N3O3S.ClH/c1-22-10-16-19-13(11-24-16)17(21)20-8-7-18-9-14(20)12-5-3-4-6-15(12)23-2;/h3-6,11,14,18H,7-10H2,1-2H3;1H. The van der Waals surface area contributed by atoms with Gasteiger partial charge in [-0.15, -0.1) is 23.7 Å². The number of hydrogen-bond acceptors (Lipinski definition) is 6. The molecule has 1 N–H and O–H groups in total. The van der Waals surface area contributed by atoms with Gasteiger partial charge >= 0.3 is 0 Å². The van der Waals surface area contributed by atoms with Gasteiger partial charge in [-0.1, -0.05) is 18.2 Å². The van der Waals surface area contributed by atoms with Gasteiger partial charge in [-0.2, -0.15) is 0 Å².